The summed E-state index contributed by atoms with van der Waals surface area (Å²) < 4.78 is 0. The lowest BCUT2D eigenvalue weighted by atomic mass is 9.96. The summed E-state index contributed by atoms with van der Waals surface area (Å²) in [5.74, 6) is 0.941. The van der Waals surface area contributed by atoms with Crippen molar-refractivity contribution in [2.75, 3.05) is 32.7 Å². The summed E-state index contributed by atoms with van der Waals surface area (Å²) in [5, 5.41) is 6.91. The maximum Gasteiger partial charge on any atom is 0.220 e. The van der Waals surface area contributed by atoms with Crippen molar-refractivity contribution < 1.29 is 4.79 Å². The van der Waals surface area contributed by atoms with Gasteiger partial charge < -0.3 is 21.3 Å². The lowest BCUT2D eigenvalue weighted by Crippen LogP contribution is -2.42. The Bertz CT molecular complexity index is 398. The average molecular weight is 338 g/mol. The number of guanidine groups is 1. The maximum atomic E-state index is 11.2. The van der Waals surface area contributed by atoms with Gasteiger partial charge in [-0.25, -0.2) is 0 Å². The van der Waals surface area contributed by atoms with Crippen molar-refractivity contribution in [2.24, 2.45) is 16.6 Å². The Balaban J connectivity index is 1.59. The molecule has 0 aromatic rings. The number of piperidine rings is 1. The molecule has 2 aliphatic rings. The number of nitrogens with zero attached hydrogens (tertiary/aromatic N) is 2. The van der Waals surface area contributed by atoms with Gasteiger partial charge in [-0.05, 0) is 65.1 Å². The number of nitrogens with one attached hydrogen (secondary N) is 2. The number of unbranched alkanes of at least 4 members (excludes halogenated alkanes) is 1. The van der Waals surface area contributed by atoms with Crippen LogP contribution in [0.3, 0.4) is 0 Å². The molecule has 1 amide bonds. The van der Waals surface area contributed by atoms with Crippen molar-refractivity contribution in [3.63, 3.8) is 0 Å². The Morgan fingerprint density at radius 2 is 1.88 bits per heavy atom. The number of hydrogen-bond donors (Lipinski definition) is 3. The van der Waals surface area contributed by atoms with E-state index in [0.717, 1.165) is 64.4 Å². The number of nitrogens with two attached hydrogens (primary N) is 1. The highest BCUT2D eigenvalue weighted by atomic mass is 16.1. The quantitative estimate of drug-likeness (QED) is 0.356. The molecule has 1 saturated carbocycles. The molecule has 24 heavy (non-hydrogen) atoms. The third kappa shape index (κ3) is 6.67. The van der Waals surface area contributed by atoms with Crippen LogP contribution in [0.5, 0.6) is 0 Å². The maximum absolute atomic E-state index is 11.2. The van der Waals surface area contributed by atoms with Gasteiger partial charge in [0.1, 0.15) is 0 Å². The van der Waals surface area contributed by atoms with Crippen LogP contribution in [0.15, 0.2) is 4.99 Å². The van der Waals surface area contributed by atoms with Crippen LogP contribution in [0.4, 0.5) is 0 Å². The zero-order valence-corrected chi connectivity index (χ0v) is 15.2. The summed E-state index contributed by atoms with van der Waals surface area (Å²) in [6.45, 7) is 7.01. The fraction of sp³-hybridized carbons (Fsp3) is 0.889. The Labute approximate surface area is 146 Å². The molecule has 0 unspecified atom stereocenters. The molecule has 1 aliphatic carbocycles. The summed E-state index contributed by atoms with van der Waals surface area (Å²) in [7, 11) is 0. The Hall–Kier alpha value is -1.30. The van der Waals surface area contributed by atoms with E-state index in [-0.39, 0.29) is 11.8 Å². The summed E-state index contributed by atoms with van der Waals surface area (Å²) in [4.78, 5) is 18.3. The molecular formula is C18H35N5O. The molecule has 2 rings (SSSR count). The molecule has 0 aromatic carbocycles. The number of carbonyl (C=O) groups is 1. The molecule has 1 saturated heterocycles. The molecule has 0 aromatic heterocycles. The molecule has 2 fully saturated rings. The highest BCUT2D eigenvalue weighted by Gasteiger charge is 2.22. The smallest absolute Gasteiger partial charge is 0.220 e. The standard InChI is InChI=1S/C18H35N5O/c1-2-20-18(22-16-7-3-4-8-16)21-11-5-6-12-23-13-9-15(10-14-23)17(19)24/h15-16H,2-14H2,1H3,(H2,19,24)(H2,20,21,22). The van der Waals surface area contributed by atoms with Crippen molar-refractivity contribution in [3.05, 3.63) is 0 Å². The van der Waals surface area contributed by atoms with Crippen molar-refractivity contribution >= 4 is 11.9 Å². The van der Waals surface area contributed by atoms with E-state index < -0.39 is 0 Å². The van der Waals surface area contributed by atoms with Crippen LogP contribution in [-0.2, 0) is 4.79 Å². The van der Waals surface area contributed by atoms with Crippen LogP contribution in [0.25, 0.3) is 0 Å². The largest absolute Gasteiger partial charge is 0.369 e. The van der Waals surface area contributed by atoms with Crippen LogP contribution in [0.1, 0.15) is 58.3 Å². The van der Waals surface area contributed by atoms with Crippen LogP contribution in [0, 0.1) is 5.92 Å². The SMILES string of the molecule is CCNC(=NCCCCN1CCC(C(N)=O)CC1)NC1CCCC1. The third-order valence-corrected chi connectivity index (χ3v) is 5.18. The Kier molecular flexibility index (Phi) is 8.36. The minimum Gasteiger partial charge on any atom is -0.369 e. The average Bonchev–Trinajstić information content (AvgIpc) is 3.08. The molecule has 138 valence electrons. The minimum absolute atomic E-state index is 0.0928. The number of primary amides is 1. The number of amides is 1. The van der Waals surface area contributed by atoms with Crippen LogP contribution in [-0.4, -0.2) is 55.5 Å². The van der Waals surface area contributed by atoms with Gasteiger partial charge in [-0.1, -0.05) is 12.8 Å². The van der Waals surface area contributed by atoms with E-state index in [9.17, 15) is 4.79 Å². The predicted octanol–water partition coefficient (Wildman–Crippen LogP) is 1.46. The second-order valence-corrected chi connectivity index (χ2v) is 7.11. The second kappa shape index (κ2) is 10.5. The van der Waals surface area contributed by atoms with E-state index in [0.29, 0.717) is 6.04 Å². The zero-order chi connectivity index (χ0) is 17.2. The molecule has 1 aliphatic heterocycles. The summed E-state index contributed by atoms with van der Waals surface area (Å²) in [6, 6.07) is 0.606. The van der Waals surface area contributed by atoms with Gasteiger partial charge in [-0.2, -0.15) is 0 Å². The minimum atomic E-state index is -0.130. The summed E-state index contributed by atoms with van der Waals surface area (Å²) in [5.41, 5.74) is 5.38. The first-order valence-corrected chi connectivity index (χ1v) is 9.75. The van der Waals surface area contributed by atoms with E-state index in [2.05, 4.69) is 22.5 Å². The molecule has 6 heteroatoms. The zero-order valence-electron chi connectivity index (χ0n) is 15.2. The predicted molar refractivity (Wildman–Crippen MR) is 99.0 cm³/mol. The van der Waals surface area contributed by atoms with Gasteiger partial charge in [0.25, 0.3) is 0 Å². The van der Waals surface area contributed by atoms with E-state index in [1.807, 2.05) is 0 Å². The van der Waals surface area contributed by atoms with Gasteiger partial charge in [-0.15, -0.1) is 0 Å². The van der Waals surface area contributed by atoms with Crippen molar-refractivity contribution in [1.82, 2.24) is 15.5 Å². The fourth-order valence-electron chi connectivity index (χ4n) is 3.66. The van der Waals surface area contributed by atoms with E-state index >= 15 is 0 Å². The molecule has 0 atom stereocenters. The fourth-order valence-corrected chi connectivity index (χ4v) is 3.66. The number of rotatable bonds is 8. The first kappa shape index (κ1) is 19.0. The normalized spacial score (nSPS) is 21.1. The number of likely N-dealkylation sites (tertiary alicyclic amines) is 1. The summed E-state index contributed by atoms with van der Waals surface area (Å²) in [6.07, 6.45) is 9.32. The molecule has 1 heterocycles. The molecule has 4 N–H and O–H groups in total. The van der Waals surface area contributed by atoms with Crippen LogP contribution in [0.2, 0.25) is 0 Å². The topological polar surface area (TPSA) is 82.8 Å². The van der Waals surface area contributed by atoms with Gasteiger partial charge >= 0.3 is 0 Å². The van der Waals surface area contributed by atoms with E-state index in [1.54, 1.807) is 0 Å². The first-order valence-electron chi connectivity index (χ1n) is 9.75. The highest BCUT2D eigenvalue weighted by molar-refractivity contribution is 5.80. The lowest BCUT2D eigenvalue weighted by molar-refractivity contribution is -0.123. The monoisotopic (exact) mass is 337 g/mol. The lowest BCUT2D eigenvalue weighted by Gasteiger charge is -2.30. The number of carbonyl (C=O) groups excluding carboxylic acids is 1. The van der Waals surface area contributed by atoms with Gasteiger partial charge in [0.15, 0.2) is 5.96 Å². The molecule has 6 nitrogen and oxygen atoms in total. The molecule has 0 bridgehead atoms. The molecular weight excluding hydrogens is 302 g/mol. The number of hydrogen-bond acceptors (Lipinski definition) is 3. The number of aliphatic imine (C=N–C) groups is 1. The molecule has 0 radical (unpaired) electrons. The second-order valence-electron chi connectivity index (χ2n) is 7.11. The van der Waals surface area contributed by atoms with Crippen molar-refractivity contribution in [1.29, 1.82) is 0 Å². The summed E-state index contributed by atoms with van der Waals surface area (Å²) >= 11 is 0. The van der Waals surface area contributed by atoms with Crippen molar-refractivity contribution in [2.45, 2.75) is 64.3 Å². The van der Waals surface area contributed by atoms with Gasteiger partial charge in [0, 0.05) is 25.0 Å². The first-order chi connectivity index (χ1) is 11.7. The van der Waals surface area contributed by atoms with Crippen LogP contribution < -0.4 is 16.4 Å². The van der Waals surface area contributed by atoms with Crippen LogP contribution >= 0.6 is 0 Å². The Morgan fingerprint density at radius 3 is 2.50 bits per heavy atom. The van der Waals surface area contributed by atoms with Crippen molar-refractivity contribution in [3.8, 4) is 0 Å². The highest BCUT2D eigenvalue weighted by Crippen LogP contribution is 2.18. The van der Waals surface area contributed by atoms with Gasteiger partial charge in [0.2, 0.25) is 5.91 Å². The van der Waals surface area contributed by atoms with E-state index in [1.165, 1.54) is 25.7 Å². The third-order valence-electron chi connectivity index (χ3n) is 5.18. The van der Waals surface area contributed by atoms with Gasteiger partial charge in [0.05, 0.1) is 0 Å². The Morgan fingerprint density at radius 1 is 1.17 bits per heavy atom. The molecule has 0 spiro atoms. The van der Waals surface area contributed by atoms with Gasteiger partial charge in [-0.3, -0.25) is 9.79 Å². The van der Waals surface area contributed by atoms with E-state index in [4.69, 9.17) is 10.7 Å².